The summed E-state index contributed by atoms with van der Waals surface area (Å²) < 4.78 is 68.0. The first kappa shape index (κ1) is 82.1. The summed E-state index contributed by atoms with van der Waals surface area (Å²) in [5, 5.41) is 10.5. The summed E-state index contributed by atoms with van der Waals surface area (Å²) in [6, 6.07) is 0. The highest BCUT2D eigenvalue weighted by atomic mass is 31.2. The fourth-order valence-corrected chi connectivity index (χ4v) is 11.2. The van der Waals surface area contributed by atoms with Crippen LogP contribution in [0.4, 0.5) is 0 Å². The van der Waals surface area contributed by atoms with Crippen molar-refractivity contribution in [2.24, 2.45) is 23.7 Å². The number of hydrogen-bond acceptors (Lipinski definition) is 15. The fraction of sp³-hybridized carbons (Fsp3) is 0.938. The van der Waals surface area contributed by atoms with Crippen molar-refractivity contribution in [2.45, 2.75) is 331 Å². The van der Waals surface area contributed by atoms with Crippen LogP contribution in [0.5, 0.6) is 0 Å². The summed E-state index contributed by atoms with van der Waals surface area (Å²) in [7, 11) is -9.89. The molecule has 0 aromatic carbocycles. The Bertz CT molecular complexity index is 1680. The Kier molecular flexibility index (Phi) is 53.9. The van der Waals surface area contributed by atoms with Gasteiger partial charge in [-0.15, -0.1) is 0 Å². The zero-order valence-electron chi connectivity index (χ0n) is 54.5. The monoisotopic (exact) mass is 1240 g/mol. The van der Waals surface area contributed by atoms with Crippen LogP contribution in [-0.2, 0) is 65.4 Å². The minimum absolute atomic E-state index is 0.103. The van der Waals surface area contributed by atoms with E-state index < -0.39 is 97.5 Å². The predicted octanol–water partition coefficient (Wildman–Crippen LogP) is 17.8. The molecule has 3 unspecified atom stereocenters. The number of phosphoric ester groups is 2. The topological polar surface area (TPSA) is 237 Å². The molecule has 3 N–H and O–H groups in total. The predicted molar refractivity (Wildman–Crippen MR) is 335 cm³/mol. The molecule has 0 aromatic heterocycles. The largest absolute Gasteiger partial charge is 0.472 e. The van der Waals surface area contributed by atoms with Crippen molar-refractivity contribution in [1.82, 2.24) is 0 Å². The number of carbonyl (C=O) groups is 4. The van der Waals surface area contributed by atoms with Crippen LogP contribution in [0.3, 0.4) is 0 Å². The van der Waals surface area contributed by atoms with Gasteiger partial charge in [0, 0.05) is 25.7 Å². The van der Waals surface area contributed by atoms with Crippen LogP contribution in [0.15, 0.2) is 0 Å². The molecule has 498 valence electrons. The highest BCUT2D eigenvalue weighted by Crippen LogP contribution is 2.45. The lowest BCUT2D eigenvalue weighted by Gasteiger charge is -2.21. The Hall–Kier alpha value is -1.94. The minimum Gasteiger partial charge on any atom is -0.462 e. The number of ether oxygens (including phenoxy) is 4. The fourth-order valence-electron chi connectivity index (χ4n) is 9.61. The van der Waals surface area contributed by atoms with Crippen molar-refractivity contribution in [2.75, 3.05) is 39.6 Å². The van der Waals surface area contributed by atoms with E-state index in [2.05, 4.69) is 55.4 Å². The van der Waals surface area contributed by atoms with Crippen LogP contribution in [0.1, 0.15) is 312 Å². The Morgan fingerprint density at radius 1 is 0.298 bits per heavy atom. The van der Waals surface area contributed by atoms with Gasteiger partial charge in [-0.25, -0.2) is 9.13 Å². The van der Waals surface area contributed by atoms with Gasteiger partial charge in [0.25, 0.3) is 0 Å². The number of hydrogen-bond donors (Lipinski definition) is 3. The van der Waals surface area contributed by atoms with Crippen LogP contribution in [0.25, 0.3) is 0 Å². The number of aliphatic hydroxyl groups is 1. The second-order valence-electron chi connectivity index (χ2n) is 25.4. The van der Waals surface area contributed by atoms with Gasteiger partial charge in [0.05, 0.1) is 26.4 Å². The van der Waals surface area contributed by atoms with Crippen molar-refractivity contribution >= 4 is 39.5 Å². The van der Waals surface area contributed by atoms with Gasteiger partial charge < -0.3 is 33.8 Å². The quantitative estimate of drug-likeness (QED) is 0.0222. The standard InChI is InChI=1S/C65H126O17P2/c1-55(2)41-33-25-17-12-10-9-11-13-20-31-39-47-64(69)81-60(51-75-62(67)45-37-29-22-16-19-27-35-43-57(5)6)53-79-83(71,72)77-49-59(66)50-78-84(73,74)80-54-61(52-76-63(68)46-38-30-24-23-28-36-44-58(7)8)82-65(70)48-40-32-21-15-14-18-26-34-42-56(3)4/h55-61,66H,9-54H2,1-8H3,(H,71,72)(H,73,74)/t59?,60-,61-/m1/s1. The molecule has 0 aliphatic carbocycles. The van der Waals surface area contributed by atoms with Crippen LogP contribution < -0.4 is 0 Å². The van der Waals surface area contributed by atoms with Crippen LogP contribution >= 0.6 is 15.6 Å². The van der Waals surface area contributed by atoms with E-state index in [0.717, 1.165) is 115 Å². The maximum atomic E-state index is 13.0. The number of carbonyl (C=O) groups excluding carboxylic acids is 4. The zero-order valence-corrected chi connectivity index (χ0v) is 56.3. The molecule has 0 aliphatic rings. The van der Waals surface area contributed by atoms with E-state index in [0.29, 0.717) is 37.5 Å². The molecule has 0 aliphatic heterocycles. The number of unbranched alkanes of at least 4 members (excludes halogenated alkanes) is 28. The van der Waals surface area contributed by atoms with E-state index in [9.17, 15) is 43.2 Å². The number of rotatable bonds is 62. The van der Waals surface area contributed by atoms with Gasteiger partial charge in [0.1, 0.15) is 19.3 Å². The van der Waals surface area contributed by atoms with Crippen molar-refractivity contribution in [1.29, 1.82) is 0 Å². The molecular formula is C65H126O17P2. The molecule has 0 saturated carbocycles. The smallest absolute Gasteiger partial charge is 0.462 e. The van der Waals surface area contributed by atoms with Gasteiger partial charge in [-0.3, -0.25) is 37.3 Å². The molecule has 84 heavy (non-hydrogen) atoms. The third-order valence-electron chi connectivity index (χ3n) is 14.8. The first-order chi connectivity index (χ1) is 40.1. The molecule has 17 nitrogen and oxygen atoms in total. The number of phosphoric acid groups is 2. The minimum atomic E-state index is -4.95. The highest BCUT2D eigenvalue weighted by molar-refractivity contribution is 7.47. The molecular weight excluding hydrogens is 1110 g/mol. The number of esters is 4. The lowest BCUT2D eigenvalue weighted by Crippen LogP contribution is -2.30. The summed E-state index contributed by atoms with van der Waals surface area (Å²) in [6.07, 6.45) is 35.1. The molecule has 19 heteroatoms. The molecule has 0 fully saturated rings. The van der Waals surface area contributed by atoms with E-state index in [1.54, 1.807) is 0 Å². The summed E-state index contributed by atoms with van der Waals surface area (Å²) in [5.74, 6) is 0.728. The Labute approximate surface area is 511 Å². The van der Waals surface area contributed by atoms with Crippen LogP contribution in [0.2, 0.25) is 0 Å². The van der Waals surface area contributed by atoms with Crippen molar-refractivity contribution < 1.29 is 80.2 Å². The van der Waals surface area contributed by atoms with Crippen molar-refractivity contribution in [3.05, 3.63) is 0 Å². The third-order valence-corrected chi connectivity index (χ3v) is 16.7. The third kappa shape index (κ3) is 59.0. The van der Waals surface area contributed by atoms with Crippen LogP contribution in [-0.4, -0.2) is 96.7 Å². The molecule has 0 radical (unpaired) electrons. The van der Waals surface area contributed by atoms with Gasteiger partial charge in [0.15, 0.2) is 12.2 Å². The normalized spacial score (nSPS) is 14.4. The maximum absolute atomic E-state index is 13.0. The highest BCUT2D eigenvalue weighted by Gasteiger charge is 2.30. The van der Waals surface area contributed by atoms with Gasteiger partial charge in [0.2, 0.25) is 0 Å². The summed E-state index contributed by atoms with van der Waals surface area (Å²) >= 11 is 0. The molecule has 0 amide bonds. The zero-order chi connectivity index (χ0) is 62.5. The average Bonchev–Trinajstić information content (AvgIpc) is 3.57. The SMILES string of the molecule is CC(C)CCCCCCCCCCCCCC(=O)O[C@H](COC(=O)CCCCCCCCCC(C)C)COP(=O)(O)OCC(O)COP(=O)(O)OC[C@@H](COC(=O)CCCCCCCCC(C)C)OC(=O)CCCCCCCCCCC(C)C. The van der Waals surface area contributed by atoms with Crippen molar-refractivity contribution in [3.8, 4) is 0 Å². The van der Waals surface area contributed by atoms with Crippen molar-refractivity contribution in [3.63, 3.8) is 0 Å². The molecule has 0 heterocycles. The molecule has 5 atom stereocenters. The molecule has 0 aromatic rings. The second-order valence-corrected chi connectivity index (χ2v) is 28.3. The van der Waals surface area contributed by atoms with Gasteiger partial charge in [-0.05, 0) is 49.4 Å². The summed E-state index contributed by atoms with van der Waals surface area (Å²) in [5.41, 5.74) is 0. The summed E-state index contributed by atoms with van der Waals surface area (Å²) in [4.78, 5) is 72.2. The summed E-state index contributed by atoms with van der Waals surface area (Å²) in [6.45, 7) is 13.9. The first-order valence-electron chi connectivity index (χ1n) is 33.7. The molecule has 0 rings (SSSR count). The second kappa shape index (κ2) is 55.2. The Morgan fingerprint density at radius 3 is 0.738 bits per heavy atom. The average molecular weight is 1240 g/mol. The number of aliphatic hydroxyl groups excluding tert-OH is 1. The van der Waals surface area contributed by atoms with Gasteiger partial charge in [-0.1, -0.05) is 261 Å². The van der Waals surface area contributed by atoms with E-state index in [1.165, 1.54) is 103 Å². The van der Waals surface area contributed by atoms with Gasteiger partial charge in [-0.2, -0.15) is 0 Å². The lowest BCUT2D eigenvalue weighted by atomic mass is 10.0. The van der Waals surface area contributed by atoms with Gasteiger partial charge >= 0.3 is 39.5 Å². The molecule has 0 saturated heterocycles. The van der Waals surface area contributed by atoms with Crippen LogP contribution in [0, 0.1) is 23.7 Å². The lowest BCUT2D eigenvalue weighted by molar-refractivity contribution is -0.161. The van der Waals surface area contributed by atoms with E-state index in [-0.39, 0.29) is 25.7 Å². The Balaban J connectivity index is 5.25. The molecule has 0 spiro atoms. The van der Waals surface area contributed by atoms with E-state index in [4.69, 9.17) is 37.0 Å². The Morgan fingerprint density at radius 2 is 0.500 bits per heavy atom. The maximum Gasteiger partial charge on any atom is 0.472 e. The van der Waals surface area contributed by atoms with E-state index in [1.807, 2.05) is 0 Å². The first-order valence-corrected chi connectivity index (χ1v) is 36.7. The van der Waals surface area contributed by atoms with E-state index >= 15 is 0 Å². The molecule has 0 bridgehead atoms.